The highest BCUT2D eigenvalue weighted by Crippen LogP contribution is 2.30. The van der Waals surface area contributed by atoms with Gasteiger partial charge in [-0.25, -0.2) is 4.98 Å². The molecular formula is C21H23N3O2S. The predicted octanol–water partition coefficient (Wildman–Crippen LogP) is 3.80. The topological polar surface area (TPSA) is 56.2 Å². The Hall–Kier alpha value is -2.31. The molecule has 27 heavy (non-hydrogen) atoms. The third-order valence-electron chi connectivity index (χ3n) is 4.72. The summed E-state index contributed by atoms with van der Waals surface area (Å²) in [4.78, 5) is 17.3. The second kappa shape index (κ2) is 8.15. The van der Waals surface area contributed by atoms with E-state index in [1.807, 2.05) is 43.3 Å². The maximum atomic E-state index is 12.5. The zero-order chi connectivity index (χ0) is 18.6. The molecule has 5 nitrogen and oxygen atoms in total. The van der Waals surface area contributed by atoms with Crippen molar-refractivity contribution in [1.82, 2.24) is 14.9 Å². The van der Waals surface area contributed by atoms with Crippen molar-refractivity contribution in [3.05, 3.63) is 54.6 Å². The predicted molar refractivity (Wildman–Crippen MR) is 108 cm³/mol. The van der Waals surface area contributed by atoms with Crippen molar-refractivity contribution in [3.63, 3.8) is 0 Å². The van der Waals surface area contributed by atoms with Gasteiger partial charge in [-0.1, -0.05) is 42.1 Å². The average Bonchev–Trinajstić information content (AvgIpc) is 3.34. The van der Waals surface area contributed by atoms with Gasteiger partial charge in [0.1, 0.15) is 0 Å². The van der Waals surface area contributed by atoms with Crippen LogP contribution in [0.5, 0.6) is 0 Å². The van der Waals surface area contributed by atoms with Gasteiger partial charge in [0.2, 0.25) is 5.91 Å². The van der Waals surface area contributed by atoms with Crippen LogP contribution in [0.1, 0.15) is 19.8 Å². The molecule has 1 aliphatic rings. The van der Waals surface area contributed by atoms with E-state index in [-0.39, 0.29) is 17.3 Å². The molecule has 1 saturated heterocycles. The van der Waals surface area contributed by atoms with Crippen molar-refractivity contribution in [3.8, 4) is 5.69 Å². The first-order valence-corrected chi connectivity index (χ1v) is 10.2. The smallest absolute Gasteiger partial charge is 0.233 e. The first kappa shape index (κ1) is 18.1. The second-order valence-electron chi connectivity index (χ2n) is 6.69. The Bertz CT molecular complexity index is 920. The van der Waals surface area contributed by atoms with E-state index >= 15 is 0 Å². The lowest BCUT2D eigenvalue weighted by molar-refractivity contribution is -0.120. The molecule has 1 amide bonds. The fraction of sp³-hybridized carbons (Fsp3) is 0.333. The van der Waals surface area contributed by atoms with E-state index in [1.165, 1.54) is 11.8 Å². The van der Waals surface area contributed by atoms with E-state index in [0.29, 0.717) is 6.54 Å². The summed E-state index contributed by atoms with van der Waals surface area (Å²) in [6.07, 6.45) is 2.25. The maximum Gasteiger partial charge on any atom is 0.233 e. The Balaban J connectivity index is 1.55. The first-order valence-electron chi connectivity index (χ1n) is 9.31. The van der Waals surface area contributed by atoms with Gasteiger partial charge >= 0.3 is 0 Å². The monoisotopic (exact) mass is 381 g/mol. The molecule has 0 aliphatic carbocycles. The van der Waals surface area contributed by atoms with Crippen LogP contribution in [0.4, 0.5) is 0 Å². The lowest BCUT2D eigenvalue weighted by atomic mass is 10.2. The van der Waals surface area contributed by atoms with Gasteiger partial charge in [-0.3, -0.25) is 9.36 Å². The van der Waals surface area contributed by atoms with E-state index < -0.39 is 0 Å². The van der Waals surface area contributed by atoms with Crippen LogP contribution in [0.3, 0.4) is 0 Å². The molecule has 0 spiro atoms. The lowest BCUT2D eigenvalue weighted by Crippen LogP contribution is -2.36. The fourth-order valence-electron chi connectivity index (χ4n) is 3.28. The van der Waals surface area contributed by atoms with Crippen molar-refractivity contribution in [2.75, 3.05) is 13.2 Å². The van der Waals surface area contributed by atoms with Crippen LogP contribution in [-0.2, 0) is 9.53 Å². The highest BCUT2D eigenvalue weighted by Gasteiger charge is 2.22. The highest BCUT2D eigenvalue weighted by atomic mass is 32.2. The van der Waals surface area contributed by atoms with Gasteiger partial charge in [0, 0.05) is 18.8 Å². The summed E-state index contributed by atoms with van der Waals surface area (Å²) in [7, 11) is 0. The summed E-state index contributed by atoms with van der Waals surface area (Å²) in [6, 6.07) is 18.2. The third kappa shape index (κ3) is 4.01. The number of thioether (sulfide) groups is 1. The van der Waals surface area contributed by atoms with Gasteiger partial charge in [-0.2, -0.15) is 0 Å². The Morgan fingerprint density at radius 2 is 2.04 bits per heavy atom. The number of nitrogens with zero attached hydrogens (tertiary/aromatic N) is 2. The Morgan fingerprint density at radius 1 is 1.26 bits per heavy atom. The van der Waals surface area contributed by atoms with Crippen LogP contribution in [0.25, 0.3) is 16.7 Å². The number of nitrogens with one attached hydrogen (secondary N) is 1. The largest absolute Gasteiger partial charge is 0.376 e. The molecule has 1 fully saturated rings. The molecular weight excluding hydrogens is 358 g/mol. The van der Waals surface area contributed by atoms with Crippen molar-refractivity contribution in [2.45, 2.75) is 36.3 Å². The van der Waals surface area contributed by atoms with Crippen LogP contribution in [0.15, 0.2) is 59.8 Å². The molecule has 2 atom stereocenters. The number of fused-ring (bicyclic) bond motifs is 1. The van der Waals surface area contributed by atoms with Gasteiger partial charge < -0.3 is 10.1 Å². The Morgan fingerprint density at radius 3 is 2.81 bits per heavy atom. The zero-order valence-electron chi connectivity index (χ0n) is 15.3. The molecule has 6 heteroatoms. The number of amides is 1. The second-order valence-corrected chi connectivity index (χ2v) is 8.00. The van der Waals surface area contributed by atoms with Crippen molar-refractivity contribution < 1.29 is 9.53 Å². The average molecular weight is 382 g/mol. The van der Waals surface area contributed by atoms with Crippen molar-refractivity contribution >= 4 is 28.7 Å². The molecule has 140 valence electrons. The highest BCUT2D eigenvalue weighted by molar-refractivity contribution is 8.00. The maximum absolute atomic E-state index is 12.5. The number of rotatable bonds is 6. The molecule has 3 aromatic rings. The number of benzene rings is 2. The van der Waals surface area contributed by atoms with Gasteiger partial charge in [-0.15, -0.1) is 0 Å². The third-order valence-corrected chi connectivity index (χ3v) is 5.78. The molecule has 1 aromatic heterocycles. The number of carbonyl (C=O) groups is 1. The van der Waals surface area contributed by atoms with Gasteiger partial charge in [0.25, 0.3) is 0 Å². The number of para-hydroxylation sites is 3. The van der Waals surface area contributed by atoms with Gasteiger partial charge in [0.15, 0.2) is 5.16 Å². The summed E-state index contributed by atoms with van der Waals surface area (Å²) in [5, 5.41) is 3.59. The normalized spacial score (nSPS) is 17.9. The standard InChI is InChI=1S/C21H23N3O2S/c1-15(20(25)22-14-17-10-7-13-26-17)27-21-23-18-11-5-6-12-19(18)24(21)16-8-3-2-4-9-16/h2-6,8-9,11-12,15,17H,7,10,13-14H2,1H3,(H,22,25)/t15-,17-/m0/s1. The number of carbonyl (C=O) groups excluding carboxylic acids is 1. The first-order chi connectivity index (χ1) is 13.2. The molecule has 1 aliphatic heterocycles. The van der Waals surface area contributed by atoms with E-state index in [4.69, 9.17) is 9.72 Å². The fourth-order valence-corrected chi connectivity index (χ4v) is 4.25. The van der Waals surface area contributed by atoms with Crippen LogP contribution >= 0.6 is 11.8 Å². The summed E-state index contributed by atoms with van der Waals surface area (Å²) >= 11 is 1.48. The minimum atomic E-state index is -0.245. The molecule has 0 unspecified atom stereocenters. The molecule has 2 aromatic carbocycles. The molecule has 0 radical (unpaired) electrons. The van der Waals surface area contributed by atoms with E-state index in [0.717, 1.165) is 41.3 Å². The van der Waals surface area contributed by atoms with Crippen molar-refractivity contribution in [1.29, 1.82) is 0 Å². The summed E-state index contributed by atoms with van der Waals surface area (Å²) in [5.41, 5.74) is 3.01. The number of hydrogen-bond acceptors (Lipinski definition) is 4. The van der Waals surface area contributed by atoms with E-state index in [9.17, 15) is 4.79 Å². The number of aromatic nitrogens is 2. The zero-order valence-corrected chi connectivity index (χ0v) is 16.1. The molecule has 2 heterocycles. The number of imidazole rings is 1. The lowest BCUT2D eigenvalue weighted by Gasteiger charge is -2.15. The summed E-state index contributed by atoms with van der Waals surface area (Å²) < 4.78 is 7.70. The van der Waals surface area contributed by atoms with Crippen LogP contribution in [0.2, 0.25) is 0 Å². The minimum absolute atomic E-state index is 0.0159. The SMILES string of the molecule is C[C@H](Sc1nc2ccccc2n1-c1ccccc1)C(=O)NC[C@@H]1CCCO1. The molecule has 4 rings (SSSR count). The van der Waals surface area contributed by atoms with Crippen molar-refractivity contribution in [2.24, 2.45) is 0 Å². The van der Waals surface area contributed by atoms with E-state index in [2.05, 4.69) is 28.1 Å². The number of ether oxygens (including phenoxy) is 1. The van der Waals surface area contributed by atoms with Gasteiger partial charge in [0.05, 0.1) is 22.4 Å². The molecule has 0 bridgehead atoms. The summed E-state index contributed by atoms with van der Waals surface area (Å²) in [5.74, 6) is 0.0159. The van der Waals surface area contributed by atoms with Crippen LogP contribution in [-0.4, -0.2) is 40.0 Å². The van der Waals surface area contributed by atoms with Crippen LogP contribution in [0, 0.1) is 0 Å². The Kier molecular flexibility index (Phi) is 5.45. The van der Waals surface area contributed by atoms with Crippen LogP contribution < -0.4 is 5.32 Å². The molecule has 0 saturated carbocycles. The summed E-state index contributed by atoms with van der Waals surface area (Å²) in [6.45, 7) is 3.30. The minimum Gasteiger partial charge on any atom is -0.376 e. The molecule has 1 N–H and O–H groups in total. The quantitative estimate of drug-likeness (QED) is 0.660. The van der Waals surface area contributed by atoms with E-state index in [1.54, 1.807) is 0 Å². The Labute approximate surface area is 163 Å². The number of hydrogen-bond donors (Lipinski definition) is 1. The van der Waals surface area contributed by atoms with Gasteiger partial charge in [-0.05, 0) is 44.0 Å².